The lowest BCUT2D eigenvalue weighted by molar-refractivity contribution is -0.0398. The largest absolute Gasteiger partial charge is 0.376 e. The maximum absolute atomic E-state index is 5.60. The van der Waals surface area contributed by atoms with Crippen LogP contribution < -0.4 is 5.32 Å². The molecule has 15 heavy (non-hydrogen) atoms. The minimum Gasteiger partial charge on any atom is -0.376 e. The molecule has 1 heterocycles. The third-order valence-corrected chi connectivity index (χ3v) is 2.38. The lowest BCUT2D eigenvalue weighted by atomic mass is 10.4. The second kappa shape index (κ2) is 6.43. The Morgan fingerprint density at radius 2 is 1.87 bits per heavy atom. The smallest absolute Gasteiger partial charge is 0.101 e. The van der Waals surface area contributed by atoms with Crippen molar-refractivity contribution in [2.24, 2.45) is 0 Å². The fourth-order valence-electron chi connectivity index (χ4n) is 1.51. The molecule has 4 heteroatoms. The summed E-state index contributed by atoms with van der Waals surface area (Å²) in [5.74, 6) is 0. The molecule has 0 spiro atoms. The average molecular weight is 216 g/mol. The van der Waals surface area contributed by atoms with Gasteiger partial charge in [-0.05, 0) is 27.7 Å². The van der Waals surface area contributed by atoms with E-state index in [0.717, 1.165) is 19.7 Å². The number of ether oxygens (including phenoxy) is 2. The van der Waals surface area contributed by atoms with Crippen molar-refractivity contribution in [3.8, 4) is 0 Å². The van der Waals surface area contributed by atoms with Gasteiger partial charge >= 0.3 is 0 Å². The van der Waals surface area contributed by atoms with Crippen LogP contribution in [0.15, 0.2) is 0 Å². The van der Waals surface area contributed by atoms with Crippen LogP contribution in [0.3, 0.4) is 0 Å². The topological polar surface area (TPSA) is 33.7 Å². The van der Waals surface area contributed by atoms with Gasteiger partial charge in [0.1, 0.15) is 6.73 Å². The van der Waals surface area contributed by atoms with Crippen molar-refractivity contribution >= 4 is 0 Å². The zero-order chi connectivity index (χ0) is 11.3. The molecule has 0 bridgehead atoms. The molecule has 1 aliphatic rings. The second-order valence-corrected chi connectivity index (χ2v) is 4.51. The molecule has 1 unspecified atom stereocenters. The van der Waals surface area contributed by atoms with Crippen molar-refractivity contribution in [1.29, 1.82) is 0 Å². The van der Waals surface area contributed by atoms with Gasteiger partial charge in [0.2, 0.25) is 0 Å². The van der Waals surface area contributed by atoms with E-state index < -0.39 is 0 Å². The van der Waals surface area contributed by atoms with Gasteiger partial charge in [0.15, 0.2) is 0 Å². The molecule has 0 aromatic heterocycles. The lowest BCUT2D eigenvalue weighted by Gasteiger charge is -2.25. The van der Waals surface area contributed by atoms with Crippen LogP contribution in [-0.2, 0) is 9.47 Å². The van der Waals surface area contributed by atoms with Gasteiger partial charge in [-0.3, -0.25) is 10.2 Å². The highest BCUT2D eigenvalue weighted by Gasteiger charge is 2.24. The standard InChI is InChI=1S/C11H24N2O2/c1-9(2)14-7-11-12-5-6-13(11)8-15-10(3)4/h9-12H,5-8H2,1-4H3. The number of hydrogen-bond acceptors (Lipinski definition) is 4. The van der Waals surface area contributed by atoms with Gasteiger partial charge in [-0.15, -0.1) is 0 Å². The van der Waals surface area contributed by atoms with Crippen molar-refractivity contribution in [2.75, 3.05) is 26.4 Å². The molecule has 1 saturated heterocycles. The summed E-state index contributed by atoms with van der Waals surface area (Å²) in [5, 5.41) is 3.41. The molecule has 1 rings (SSSR count). The second-order valence-electron chi connectivity index (χ2n) is 4.51. The molecule has 0 aliphatic carbocycles. The maximum Gasteiger partial charge on any atom is 0.101 e. The SMILES string of the molecule is CC(C)OCC1NCCN1COC(C)C. The van der Waals surface area contributed by atoms with Gasteiger partial charge in [-0.1, -0.05) is 0 Å². The third kappa shape index (κ3) is 4.93. The summed E-state index contributed by atoms with van der Waals surface area (Å²) in [6.45, 7) is 11.7. The Morgan fingerprint density at radius 3 is 2.47 bits per heavy atom. The molecule has 0 saturated carbocycles. The van der Waals surface area contributed by atoms with Gasteiger partial charge in [0.25, 0.3) is 0 Å². The number of nitrogens with zero attached hydrogens (tertiary/aromatic N) is 1. The summed E-state index contributed by atoms with van der Waals surface area (Å²) in [6, 6.07) is 0. The first-order valence-electron chi connectivity index (χ1n) is 5.80. The zero-order valence-corrected chi connectivity index (χ0v) is 10.3. The van der Waals surface area contributed by atoms with Crippen molar-refractivity contribution in [1.82, 2.24) is 10.2 Å². The number of nitrogens with one attached hydrogen (secondary N) is 1. The van der Waals surface area contributed by atoms with Gasteiger partial charge < -0.3 is 9.47 Å². The van der Waals surface area contributed by atoms with Crippen molar-refractivity contribution in [3.05, 3.63) is 0 Å². The van der Waals surface area contributed by atoms with E-state index in [2.05, 4.69) is 37.9 Å². The monoisotopic (exact) mass is 216 g/mol. The van der Waals surface area contributed by atoms with E-state index in [-0.39, 0.29) is 6.10 Å². The van der Waals surface area contributed by atoms with Crippen LogP contribution in [0.5, 0.6) is 0 Å². The fourth-order valence-corrected chi connectivity index (χ4v) is 1.51. The molecule has 0 amide bonds. The van der Waals surface area contributed by atoms with E-state index in [0.29, 0.717) is 19.0 Å². The van der Waals surface area contributed by atoms with Crippen molar-refractivity contribution in [2.45, 2.75) is 46.1 Å². The molecule has 90 valence electrons. The maximum atomic E-state index is 5.60. The Bertz CT molecular complexity index is 156. The summed E-state index contributed by atoms with van der Waals surface area (Å²) in [4.78, 5) is 2.28. The lowest BCUT2D eigenvalue weighted by Crippen LogP contribution is -2.41. The third-order valence-electron chi connectivity index (χ3n) is 2.38. The van der Waals surface area contributed by atoms with Gasteiger partial charge in [0, 0.05) is 13.1 Å². The van der Waals surface area contributed by atoms with E-state index >= 15 is 0 Å². The Morgan fingerprint density at radius 1 is 1.20 bits per heavy atom. The molecule has 0 radical (unpaired) electrons. The van der Waals surface area contributed by atoms with E-state index in [9.17, 15) is 0 Å². The van der Waals surface area contributed by atoms with Crippen LogP contribution in [-0.4, -0.2) is 49.7 Å². The molecular weight excluding hydrogens is 192 g/mol. The Kier molecular flexibility index (Phi) is 5.53. The average Bonchev–Trinajstić information content (AvgIpc) is 2.58. The highest BCUT2D eigenvalue weighted by molar-refractivity contribution is 4.75. The van der Waals surface area contributed by atoms with Crippen LogP contribution >= 0.6 is 0 Å². The summed E-state index contributed by atoms with van der Waals surface area (Å²) < 4.78 is 11.2. The van der Waals surface area contributed by atoms with E-state index in [4.69, 9.17) is 9.47 Å². The van der Waals surface area contributed by atoms with E-state index in [1.807, 2.05) is 0 Å². The van der Waals surface area contributed by atoms with Gasteiger partial charge in [0.05, 0.1) is 25.0 Å². The quantitative estimate of drug-likeness (QED) is 0.719. The van der Waals surface area contributed by atoms with Gasteiger partial charge in [-0.25, -0.2) is 0 Å². The van der Waals surface area contributed by atoms with Crippen LogP contribution in [0.2, 0.25) is 0 Å². The first kappa shape index (κ1) is 12.9. The fraction of sp³-hybridized carbons (Fsp3) is 1.00. The zero-order valence-electron chi connectivity index (χ0n) is 10.3. The Balaban J connectivity index is 2.23. The van der Waals surface area contributed by atoms with Gasteiger partial charge in [-0.2, -0.15) is 0 Å². The molecule has 0 aromatic rings. The van der Waals surface area contributed by atoms with E-state index in [1.165, 1.54) is 0 Å². The van der Waals surface area contributed by atoms with Crippen LogP contribution in [0.1, 0.15) is 27.7 Å². The minimum atomic E-state index is 0.289. The van der Waals surface area contributed by atoms with Crippen LogP contribution in [0.4, 0.5) is 0 Å². The van der Waals surface area contributed by atoms with Crippen LogP contribution in [0, 0.1) is 0 Å². The first-order chi connectivity index (χ1) is 7.09. The first-order valence-corrected chi connectivity index (χ1v) is 5.80. The molecule has 4 nitrogen and oxygen atoms in total. The molecule has 0 aromatic carbocycles. The van der Waals surface area contributed by atoms with Crippen molar-refractivity contribution in [3.63, 3.8) is 0 Å². The molecule has 1 aliphatic heterocycles. The molecular formula is C11H24N2O2. The van der Waals surface area contributed by atoms with E-state index in [1.54, 1.807) is 0 Å². The summed E-state index contributed by atoms with van der Waals surface area (Å²) in [5.41, 5.74) is 0. The van der Waals surface area contributed by atoms with Crippen molar-refractivity contribution < 1.29 is 9.47 Å². The predicted octanol–water partition coefficient (Wildman–Crippen LogP) is 1.03. The molecule has 1 fully saturated rings. The Hall–Kier alpha value is -0.160. The normalized spacial score (nSPS) is 23.2. The molecule has 1 N–H and O–H groups in total. The molecule has 1 atom stereocenters. The highest BCUT2D eigenvalue weighted by atomic mass is 16.5. The summed E-state index contributed by atoms with van der Waals surface area (Å²) in [7, 11) is 0. The summed E-state index contributed by atoms with van der Waals surface area (Å²) >= 11 is 0. The summed E-state index contributed by atoms with van der Waals surface area (Å²) in [6.07, 6.45) is 0.892. The highest BCUT2D eigenvalue weighted by Crippen LogP contribution is 2.06. The minimum absolute atomic E-state index is 0.289. The van der Waals surface area contributed by atoms with Crippen LogP contribution in [0.25, 0.3) is 0 Å². The predicted molar refractivity (Wildman–Crippen MR) is 60.7 cm³/mol. The number of hydrogen-bond donors (Lipinski definition) is 1. The number of rotatable bonds is 6. The Labute approximate surface area is 92.9 Å².